The van der Waals surface area contributed by atoms with Crippen LogP contribution in [0.1, 0.15) is 23.6 Å². The van der Waals surface area contributed by atoms with Crippen LogP contribution in [0.2, 0.25) is 0 Å². The van der Waals surface area contributed by atoms with E-state index in [-0.39, 0.29) is 11.3 Å². The van der Waals surface area contributed by atoms with E-state index < -0.39 is 18.8 Å². The van der Waals surface area contributed by atoms with Gasteiger partial charge < -0.3 is 14.9 Å². The number of fused-ring (bicyclic) bond motifs is 1. The second kappa shape index (κ2) is 6.51. The maximum atomic E-state index is 11.0. The number of ether oxygens (including phenoxy) is 1. The number of phenols is 1. The summed E-state index contributed by atoms with van der Waals surface area (Å²) in [5.74, 6) is -0.194. The first-order valence-corrected chi connectivity index (χ1v) is 6.02. The molecule has 0 bridgehead atoms. The molecule has 0 saturated carbocycles. The topological polar surface area (TPSA) is 66.8 Å². The lowest BCUT2D eigenvalue weighted by molar-refractivity contribution is -0.133. The van der Waals surface area contributed by atoms with Crippen molar-refractivity contribution in [1.29, 1.82) is 0 Å². The van der Waals surface area contributed by atoms with Crippen LogP contribution in [0.5, 0.6) is 11.5 Å². The average molecular weight is 304 g/mol. The lowest BCUT2D eigenvalue weighted by atomic mass is 9.96. The number of carbonyl (C=O) groups is 1. The Kier molecular flexibility index (Phi) is 5.23. The number of alkyl halides is 3. The van der Waals surface area contributed by atoms with Crippen LogP contribution in [0.3, 0.4) is 0 Å². The molecule has 0 amide bonds. The maximum absolute atomic E-state index is 11.0. The van der Waals surface area contributed by atoms with Crippen LogP contribution in [0.15, 0.2) is 11.6 Å². The minimum Gasteiger partial charge on any atom is -0.507 e. The highest BCUT2D eigenvalue weighted by Gasteiger charge is 2.26. The number of carboxylic acids is 1. The summed E-state index contributed by atoms with van der Waals surface area (Å²) in [5.41, 5.74) is 2.21. The molecule has 2 rings (SSSR count). The summed E-state index contributed by atoms with van der Waals surface area (Å²) in [4.78, 5) is 11.0. The summed E-state index contributed by atoms with van der Waals surface area (Å²) in [6.07, 6.45) is 1.09. The van der Waals surface area contributed by atoms with Crippen molar-refractivity contribution in [2.45, 2.75) is 33.6 Å². The Morgan fingerprint density at radius 3 is 2.33 bits per heavy atom. The molecule has 1 unspecified atom stereocenters. The largest absolute Gasteiger partial charge is 0.507 e. The van der Waals surface area contributed by atoms with Crippen molar-refractivity contribution in [3.05, 3.63) is 28.3 Å². The fourth-order valence-corrected chi connectivity index (χ4v) is 1.99. The van der Waals surface area contributed by atoms with Gasteiger partial charge in [0.15, 0.2) is 0 Å². The fraction of sp³-hybridized carbons (Fsp3) is 0.357. The molecule has 0 saturated heterocycles. The maximum Gasteiger partial charge on any atom is 0.379 e. The van der Waals surface area contributed by atoms with Gasteiger partial charge in [0, 0.05) is 11.1 Å². The molecule has 0 aliphatic carbocycles. The zero-order valence-electron chi connectivity index (χ0n) is 11.7. The number of hydrogen-bond acceptors (Lipinski definition) is 3. The number of halogens is 3. The minimum atomic E-state index is -3.67. The third kappa shape index (κ3) is 3.90. The molecule has 0 aromatic heterocycles. The third-order valence-corrected chi connectivity index (χ3v) is 3.03. The van der Waals surface area contributed by atoms with E-state index in [0.717, 1.165) is 5.56 Å². The van der Waals surface area contributed by atoms with E-state index in [1.54, 1.807) is 32.9 Å². The second-order valence-corrected chi connectivity index (χ2v) is 4.49. The summed E-state index contributed by atoms with van der Waals surface area (Å²) in [7, 11) is 0. The Hall–Kier alpha value is -2.18. The van der Waals surface area contributed by atoms with E-state index in [2.05, 4.69) is 0 Å². The smallest absolute Gasteiger partial charge is 0.379 e. The van der Waals surface area contributed by atoms with Crippen molar-refractivity contribution >= 4 is 12.0 Å². The molecular formula is C14H15F3O4. The van der Waals surface area contributed by atoms with E-state index in [1.165, 1.54) is 0 Å². The predicted octanol–water partition coefficient (Wildman–Crippen LogP) is 3.44. The monoisotopic (exact) mass is 304 g/mol. The Balaban J connectivity index is 0.000000491. The van der Waals surface area contributed by atoms with Gasteiger partial charge >= 0.3 is 12.6 Å². The SMILES string of the molecule is Cc1cc2c(c(C)c1O)C=C(C(=O)O)C(C)O2.FC(F)F. The fourth-order valence-electron chi connectivity index (χ4n) is 1.99. The average Bonchev–Trinajstić information content (AvgIpc) is 2.34. The van der Waals surface area contributed by atoms with Crippen LogP contribution in [0.25, 0.3) is 6.08 Å². The molecule has 1 atom stereocenters. The van der Waals surface area contributed by atoms with Gasteiger partial charge in [0.05, 0.1) is 5.57 Å². The first-order chi connectivity index (χ1) is 9.65. The van der Waals surface area contributed by atoms with Gasteiger partial charge in [0.25, 0.3) is 0 Å². The van der Waals surface area contributed by atoms with Gasteiger partial charge in [-0.25, -0.2) is 4.79 Å². The molecule has 2 N–H and O–H groups in total. The highest BCUT2D eigenvalue weighted by molar-refractivity contribution is 5.95. The quantitative estimate of drug-likeness (QED) is 0.834. The van der Waals surface area contributed by atoms with Crippen molar-refractivity contribution < 1.29 is 32.9 Å². The van der Waals surface area contributed by atoms with Gasteiger partial charge in [-0.15, -0.1) is 0 Å². The predicted molar refractivity (Wildman–Crippen MR) is 70.4 cm³/mol. The summed E-state index contributed by atoms with van der Waals surface area (Å²) in [6, 6.07) is 1.73. The summed E-state index contributed by atoms with van der Waals surface area (Å²) in [6.45, 7) is 1.56. The van der Waals surface area contributed by atoms with Gasteiger partial charge in [-0.3, -0.25) is 0 Å². The number of rotatable bonds is 1. The summed E-state index contributed by atoms with van der Waals surface area (Å²) < 4.78 is 34.6. The zero-order valence-corrected chi connectivity index (χ0v) is 11.7. The first kappa shape index (κ1) is 16.9. The normalized spacial score (nSPS) is 16.3. The van der Waals surface area contributed by atoms with Crippen LogP contribution in [0.4, 0.5) is 13.2 Å². The van der Waals surface area contributed by atoms with Gasteiger partial charge in [0.1, 0.15) is 17.6 Å². The molecule has 4 nitrogen and oxygen atoms in total. The van der Waals surface area contributed by atoms with Crippen molar-refractivity contribution in [2.24, 2.45) is 0 Å². The zero-order chi connectivity index (χ0) is 16.3. The van der Waals surface area contributed by atoms with Crippen molar-refractivity contribution in [3.63, 3.8) is 0 Å². The van der Waals surface area contributed by atoms with E-state index in [9.17, 15) is 23.1 Å². The lowest BCUT2D eigenvalue weighted by Crippen LogP contribution is -2.24. The van der Waals surface area contributed by atoms with E-state index >= 15 is 0 Å². The van der Waals surface area contributed by atoms with Crippen LogP contribution in [-0.4, -0.2) is 29.0 Å². The molecule has 1 aliphatic heterocycles. The van der Waals surface area contributed by atoms with Crippen LogP contribution < -0.4 is 4.74 Å². The van der Waals surface area contributed by atoms with E-state index in [4.69, 9.17) is 9.84 Å². The lowest BCUT2D eigenvalue weighted by Gasteiger charge is -2.24. The Morgan fingerprint density at radius 1 is 1.33 bits per heavy atom. The van der Waals surface area contributed by atoms with Crippen LogP contribution >= 0.6 is 0 Å². The van der Waals surface area contributed by atoms with Crippen molar-refractivity contribution in [1.82, 2.24) is 0 Å². The molecular weight excluding hydrogens is 289 g/mol. The van der Waals surface area contributed by atoms with Gasteiger partial charge in [0.2, 0.25) is 0 Å². The third-order valence-electron chi connectivity index (χ3n) is 3.03. The van der Waals surface area contributed by atoms with E-state index in [0.29, 0.717) is 16.9 Å². The Bertz CT molecular complexity index is 579. The van der Waals surface area contributed by atoms with Gasteiger partial charge in [-0.1, -0.05) is 0 Å². The Labute approximate surface area is 119 Å². The minimum absolute atomic E-state index is 0.183. The molecule has 0 spiro atoms. The van der Waals surface area contributed by atoms with Gasteiger partial charge in [-0.2, -0.15) is 13.2 Å². The van der Waals surface area contributed by atoms with E-state index in [1.807, 2.05) is 0 Å². The number of aryl methyl sites for hydroxylation is 1. The molecule has 1 aromatic rings. The molecule has 116 valence electrons. The number of aromatic hydroxyl groups is 1. The van der Waals surface area contributed by atoms with Crippen LogP contribution in [-0.2, 0) is 4.79 Å². The molecule has 0 fully saturated rings. The molecule has 1 heterocycles. The summed E-state index contributed by atoms with van der Waals surface area (Å²) in [5, 5.41) is 18.9. The molecule has 1 aliphatic rings. The standard InChI is InChI=1S/C13H14O4.CHF3/c1-6-4-11-9(7(2)12(6)14)5-10(13(15)16)8(3)17-11;2-1(3)4/h4-5,8,14H,1-3H3,(H,15,16);1H. The molecule has 21 heavy (non-hydrogen) atoms. The number of aliphatic carboxylic acids is 1. The molecule has 1 aromatic carbocycles. The Morgan fingerprint density at radius 2 is 1.86 bits per heavy atom. The summed E-state index contributed by atoms with van der Waals surface area (Å²) >= 11 is 0. The second-order valence-electron chi connectivity index (χ2n) is 4.49. The van der Waals surface area contributed by atoms with Crippen LogP contribution in [0, 0.1) is 13.8 Å². The first-order valence-electron chi connectivity index (χ1n) is 6.02. The number of carboxylic acid groups (broad SMARTS) is 1. The van der Waals surface area contributed by atoms with Crippen molar-refractivity contribution in [3.8, 4) is 11.5 Å². The molecule has 7 heteroatoms. The number of benzene rings is 1. The molecule has 0 radical (unpaired) electrons. The number of hydrogen-bond donors (Lipinski definition) is 2. The number of phenolic OH excluding ortho intramolecular Hbond substituents is 1. The van der Waals surface area contributed by atoms with Crippen molar-refractivity contribution in [2.75, 3.05) is 0 Å². The highest BCUT2D eigenvalue weighted by atomic mass is 19.4. The highest BCUT2D eigenvalue weighted by Crippen LogP contribution is 2.38. The van der Waals surface area contributed by atoms with Gasteiger partial charge in [-0.05, 0) is 38.5 Å².